The first kappa shape index (κ1) is 14.4. The van der Waals surface area contributed by atoms with Gasteiger partial charge in [0.25, 0.3) is 0 Å². The Morgan fingerprint density at radius 2 is 1.80 bits per heavy atom. The SMILES string of the molecule is CSc1ccccc1NC(=O)/C=C/c1ccc(C)cc1. The fraction of sp³-hybridized carbons (Fsp3) is 0.118. The third-order valence-electron chi connectivity index (χ3n) is 2.87. The number of rotatable bonds is 4. The Bertz CT molecular complexity index is 617. The fourth-order valence-electron chi connectivity index (χ4n) is 1.77. The van der Waals surface area contributed by atoms with Crippen LogP contribution in [0.2, 0.25) is 0 Å². The summed E-state index contributed by atoms with van der Waals surface area (Å²) in [5.41, 5.74) is 3.07. The highest BCUT2D eigenvalue weighted by Crippen LogP contribution is 2.24. The zero-order chi connectivity index (χ0) is 14.4. The molecule has 0 unspecified atom stereocenters. The summed E-state index contributed by atoms with van der Waals surface area (Å²) in [5, 5.41) is 2.90. The lowest BCUT2D eigenvalue weighted by molar-refractivity contribution is -0.111. The van der Waals surface area contributed by atoms with Gasteiger partial charge in [-0.05, 0) is 37.0 Å². The monoisotopic (exact) mass is 283 g/mol. The molecule has 1 N–H and O–H groups in total. The van der Waals surface area contributed by atoms with Gasteiger partial charge in [-0.2, -0.15) is 0 Å². The molecule has 20 heavy (non-hydrogen) atoms. The van der Waals surface area contributed by atoms with Gasteiger partial charge in [0.2, 0.25) is 5.91 Å². The Kier molecular flexibility index (Phi) is 5.02. The minimum Gasteiger partial charge on any atom is -0.321 e. The predicted molar refractivity (Wildman–Crippen MR) is 87.1 cm³/mol. The number of thioether (sulfide) groups is 1. The third kappa shape index (κ3) is 4.00. The molecule has 0 aliphatic carbocycles. The lowest BCUT2D eigenvalue weighted by atomic mass is 10.1. The molecular weight excluding hydrogens is 266 g/mol. The van der Waals surface area contributed by atoms with Gasteiger partial charge in [0, 0.05) is 11.0 Å². The zero-order valence-electron chi connectivity index (χ0n) is 11.6. The fourth-order valence-corrected chi connectivity index (χ4v) is 2.33. The molecule has 0 spiro atoms. The van der Waals surface area contributed by atoms with E-state index >= 15 is 0 Å². The molecule has 0 aliphatic rings. The van der Waals surface area contributed by atoms with Gasteiger partial charge in [-0.1, -0.05) is 42.0 Å². The summed E-state index contributed by atoms with van der Waals surface area (Å²) in [6.45, 7) is 2.04. The molecule has 0 radical (unpaired) electrons. The van der Waals surface area contributed by atoms with E-state index in [1.54, 1.807) is 17.8 Å². The van der Waals surface area contributed by atoms with Gasteiger partial charge in [-0.3, -0.25) is 4.79 Å². The number of benzene rings is 2. The van der Waals surface area contributed by atoms with Crippen molar-refractivity contribution >= 4 is 29.4 Å². The first-order chi connectivity index (χ1) is 9.69. The second kappa shape index (κ2) is 6.96. The maximum Gasteiger partial charge on any atom is 0.248 e. The van der Waals surface area contributed by atoms with Gasteiger partial charge in [-0.15, -0.1) is 11.8 Å². The van der Waals surface area contributed by atoms with Crippen molar-refractivity contribution in [2.75, 3.05) is 11.6 Å². The van der Waals surface area contributed by atoms with Gasteiger partial charge < -0.3 is 5.32 Å². The number of para-hydroxylation sites is 1. The smallest absolute Gasteiger partial charge is 0.248 e. The largest absolute Gasteiger partial charge is 0.321 e. The van der Waals surface area contributed by atoms with E-state index in [1.807, 2.05) is 67.8 Å². The quantitative estimate of drug-likeness (QED) is 0.667. The molecule has 0 saturated carbocycles. The third-order valence-corrected chi connectivity index (χ3v) is 3.67. The van der Waals surface area contributed by atoms with Crippen molar-refractivity contribution in [3.8, 4) is 0 Å². The number of amides is 1. The zero-order valence-corrected chi connectivity index (χ0v) is 12.4. The van der Waals surface area contributed by atoms with E-state index in [4.69, 9.17) is 0 Å². The van der Waals surface area contributed by atoms with Crippen LogP contribution in [0.25, 0.3) is 6.08 Å². The Morgan fingerprint density at radius 3 is 2.50 bits per heavy atom. The molecule has 0 aliphatic heterocycles. The van der Waals surface area contributed by atoms with Crippen LogP contribution in [-0.2, 0) is 4.79 Å². The summed E-state index contributed by atoms with van der Waals surface area (Å²) in [4.78, 5) is 13.0. The summed E-state index contributed by atoms with van der Waals surface area (Å²) >= 11 is 1.61. The molecule has 102 valence electrons. The van der Waals surface area contributed by atoms with Gasteiger partial charge in [0.05, 0.1) is 5.69 Å². The molecule has 1 amide bonds. The van der Waals surface area contributed by atoms with Crippen LogP contribution in [0, 0.1) is 6.92 Å². The average Bonchev–Trinajstić information content (AvgIpc) is 2.47. The number of nitrogens with one attached hydrogen (secondary N) is 1. The van der Waals surface area contributed by atoms with Crippen LogP contribution < -0.4 is 5.32 Å². The lowest BCUT2D eigenvalue weighted by Gasteiger charge is -2.06. The molecule has 2 nitrogen and oxygen atoms in total. The van der Waals surface area contributed by atoms with E-state index in [-0.39, 0.29) is 5.91 Å². The minimum absolute atomic E-state index is 0.118. The first-order valence-corrected chi connectivity index (χ1v) is 7.60. The molecule has 0 saturated heterocycles. The van der Waals surface area contributed by atoms with E-state index < -0.39 is 0 Å². The van der Waals surface area contributed by atoms with E-state index in [2.05, 4.69) is 5.32 Å². The van der Waals surface area contributed by atoms with Crippen LogP contribution in [-0.4, -0.2) is 12.2 Å². The summed E-state index contributed by atoms with van der Waals surface area (Å²) in [6.07, 6.45) is 5.37. The van der Waals surface area contributed by atoms with Crippen molar-refractivity contribution in [3.63, 3.8) is 0 Å². The van der Waals surface area contributed by atoms with Crippen LogP contribution in [0.15, 0.2) is 59.5 Å². The molecule has 2 aromatic carbocycles. The highest BCUT2D eigenvalue weighted by molar-refractivity contribution is 7.98. The molecule has 0 bridgehead atoms. The summed E-state index contributed by atoms with van der Waals surface area (Å²) in [7, 11) is 0. The van der Waals surface area contributed by atoms with Crippen LogP contribution in [0.5, 0.6) is 0 Å². The topological polar surface area (TPSA) is 29.1 Å². The normalized spacial score (nSPS) is 10.7. The maximum absolute atomic E-state index is 11.9. The second-order valence-electron chi connectivity index (χ2n) is 4.43. The van der Waals surface area contributed by atoms with Crippen molar-refractivity contribution in [3.05, 3.63) is 65.7 Å². The molecule has 2 aromatic rings. The van der Waals surface area contributed by atoms with Gasteiger partial charge >= 0.3 is 0 Å². The summed E-state index contributed by atoms with van der Waals surface area (Å²) in [5.74, 6) is -0.118. The van der Waals surface area contributed by atoms with Crippen molar-refractivity contribution < 1.29 is 4.79 Å². The van der Waals surface area contributed by atoms with Crippen molar-refractivity contribution in [1.29, 1.82) is 0 Å². The van der Waals surface area contributed by atoms with Crippen LogP contribution in [0.4, 0.5) is 5.69 Å². The summed E-state index contributed by atoms with van der Waals surface area (Å²) < 4.78 is 0. The minimum atomic E-state index is -0.118. The maximum atomic E-state index is 11.9. The number of hydrogen-bond acceptors (Lipinski definition) is 2. The molecular formula is C17H17NOS. The Labute approximate surface area is 123 Å². The average molecular weight is 283 g/mol. The number of carbonyl (C=O) groups is 1. The molecule has 0 heterocycles. The summed E-state index contributed by atoms with van der Waals surface area (Å²) in [6, 6.07) is 15.8. The number of carbonyl (C=O) groups excluding carboxylic acids is 1. The molecule has 0 atom stereocenters. The standard InChI is InChI=1S/C17H17NOS/c1-13-7-9-14(10-8-13)11-12-17(19)18-15-5-3-4-6-16(15)20-2/h3-12H,1-2H3,(H,18,19)/b12-11+. The van der Waals surface area contributed by atoms with Crippen LogP contribution in [0.1, 0.15) is 11.1 Å². The molecule has 2 rings (SSSR count). The van der Waals surface area contributed by atoms with E-state index in [0.717, 1.165) is 16.1 Å². The van der Waals surface area contributed by atoms with E-state index in [1.165, 1.54) is 5.56 Å². The van der Waals surface area contributed by atoms with E-state index in [9.17, 15) is 4.79 Å². The first-order valence-electron chi connectivity index (χ1n) is 6.38. The second-order valence-corrected chi connectivity index (χ2v) is 5.28. The Hall–Kier alpha value is -2.00. The number of anilines is 1. The lowest BCUT2D eigenvalue weighted by Crippen LogP contribution is -2.08. The molecule has 0 aromatic heterocycles. The van der Waals surface area contributed by atoms with Gasteiger partial charge in [0.15, 0.2) is 0 Å². The predicted octanol–water partition coefficient (Wildman–Crippen LogP) is 4.37. The number of aryl methyl sites for hydroxylation is 1. The van der Waals surface area contributed by atoms with Crippen molar-refractivity contribution in [2.45, 2.75) is 11.8 Å². The number of hydrogen-bond donors (Lipinski definition) is 1. The van der Waals surface area contributed by atoms with Crippen molar-refractivity contribution in [2.24, 2.45) is 0 Å². The highest BCUT2D eigenvalue weighted by Gasteiger charge is 2.02. The van der Waals surface area contributed by atoms with Gasteiger partial charge in [0.1, 0.15) is 0 Å². The van der Waals surface area contributed by atoms with Gasteiger partial charge in [-0.25, -0.2) is 0 Å². The molecule has 3 heteroatoms. The van der Waals surface area contributed by atoms with E-state index in [0.29, 0.717) is 0 Å². The van der Waals surface area contributed by atoms with Crippen molar-refractivity contribution in [1.82, 2.24) is 0 Å². The molecule has 0 fully saturated rings. The Balaban J connectivity index is 2.03. The van der Waals surface area contributed by atoms with Crippen LogP contribution in [0.3, 0.4) is 0 Å². The van der Waals surface area contributed by atoms with Crippen LogP contribution >= 0.6 is 11.8 Å². The Morgan fingerprint density at radius 1 is 1.10 bits per heavy atom. The highest BCUT2D eigenvalue weighted by atomic mass is 32.2.